The van der Waals surface area contributed by atoms with E-state index < -0.39 is 0 Å². The highest BCUT2D eigenvalue weighted by Gasteiger charge is 2.18. The number of aromatic nitrogens is 3. The van der Waals surface area contributed by atoms with Gasteiger partial charge in [-0.3, -0.25) is 4.90 Å². The van der Waals surface area contributed by atoms with Gasteiger partial charge < -0.3 is 20.7 Å². The second-order valence-electron chi connectivity index (χ2n) is 7.61. The molecule has 1 fully saturated rings. The molecular weight excluding hydrogens is 390 g/mol. The van der Waals surface area contributed by atoms with Crippen molar-refractivity contribution >= 4 is 17.6 Å². The summed E-state index contributed by atoms with van der Waals surface area (Å²) >= 11 is 0. The lowest BCUT2D eigenvalue weighted by molar-refractivity contribution is 0.126. The van der Waals surface area contributed by atoms with E-state index in [9.17, 15) is 0 Å². The Morgan fingerprint density at radius 3 is 2.39 bits per heavy atom. The van der Waals surface area contributed by atoms with Crippen LogP contribution in [0.15, 0.2) is 54.6 Å². The van der Waals surface area contributed by atoms with Crippen LogP contribution >= 0.6 is 0 Å². The number of benzene rings is 2. The van der Waals surface area contributed by atoms with E-state index in [0.717, 1.165) is 50.6 Å². The Labute approximate surface area is 183 Å². The van der Waals surface area contributed by atoms with Crippen molar-refractivity contribution in [3.63, 3.8) is 0 Å². The van der Waals surface area contributed by atoms with Gasteiger partial charge in [-0.1, -0.05) is 42.5 Å². The van der Waals surface area contributed by atoms with E-state index in [0.29, 0.717) is 18.3 Å². The van der Waals surface area contributed by atoms with Crippen LogP contribution in [-0.4, -0.2) is 64.6 Å². The summed E-state index contributed by atoms with van der Waals surface area (Å²) in [5.74, 6) is 2.02. The van der Waals surface area contributed by atoms with Gasteiger partial charge in [0, 0.05) is 32.7 Å². The number of hydrogen-bond donors (Lipinski definition) is 2. The first kappa shape index (κ1) is 21.0. The minimum absolute atomic E-state index is 0.212. The van der Waals surface area contributed by atoms with E-state index in [1.54, 1.807) is 7.11 Å². The molecule has 0 aliphatic carbocycles. The van der Waals surface area contributed by atoms with Gasteiger partial charge in [0.15, 0.2) is 0 Å². The summed E-state index contributed by atoms with van der Waals surface area (Å²) in [5, 5.41) is 3.19. The summed E-state index contributed by atoms with van der Waals surface area (Å²) in [5.41, 5.74) is 8.12. The number of methoxy groups -OCH3 is 1. The summed E-state index contributed by atoms with van der Waals surface area (Å²) in [7, 11) is 1.63. The van der Waals surface area contributed by atoms with Crippen LogP contribution in [-0.2, 0) is 13.0 Å². The SMILES string of the molecule is COc1ccccc1Nc1nc(N)nc(CN2CCN(CCc3ccccc3)CC2)n1. The fraction of sp³-hybridized carbons (Fsp3) is 0.348. The zero-order valence-corrected chi connectivity index (χ0v) is 17.9. The number of hydrogen-bond acceptors (Lipinski definition) is 8. The smallest absolute Gasteiger partial charge is 0.232 e. The first-order chi connectivity index (χ1) is 15.2. The highest BCUT2D eigenvalue weighted by molar-refractivity contribution is 5.62. The van der Waals surface area contributed by atoms with E-state index in [4.69, 9.17) is 10.5 Å². The number of rotatable bonds is 8. The van der Waals surface area contributed by atoms with Gasteiger partial charge in [0.2, 0.25) is 11.9 Å². The van der Waals surface area contributed by atoms with Gasteiger partial charge in [-0.05, 0) is 24.1 Å². The molecule has 162 valence electrons. The number of ether oxygens (including phenoxy) is 1. The van der Waals surface area contributed by atoms with Crippen molar-refractivity contribution in [1.82, 2.24) is 24.8 Å². The van der Waals surface area contributed by atoms with E-state index in [-0.39, 0.29) is 5.95 Å². The molecule has 8 heteroatoms. The lowest BCUT2D eigenvalue weighted by Crippen LogP contribution is -2.46. The van der Waals surface area contributed by atoms with Gasteiger partial charge in [-0.2, -0.15) is 15.0 Å². The predicted molar refractivity (Wildman–Crippen MR) is 122 cm³/mol. The standard InChI is InChI=1S/C23H29N7O/c1-31-20-10-6-5-9-19(20)25-23-27-21(26-22(24)28-23)17-30-15-13-29(14-16-30)12-11-18-7-3-2-4-8-18/h2-10H,11-17H2,1H3,(H3,24,25,26,27,28). The van der Waals surface area contributed by atoms with Crippen molar-refractivity contribution in [2.75, 3.05) is 50.9 Å². The summed E-state index contributed by atoms with van der Waals surface area (Å²) in [6, 6.07) is 18.3. The van der Waals surface area contributed by atoms with Crippen molar-refractivity contribution in [3.8, 4) is 5.75 Å². The number of piperazine rings is 1. The van der Waals surface area contributed by atoms with Crippen LogP contribution in [0.2, 0.25) is 0 Å². The van der Waals surface area contributed by atoms with E-state index in [1.165, 1.54) is 5.56 Å². The molecule has 0 atom stereocenters. The molecule has 2 aromatic carbocycles. The molecule has 0 unspecified atom stereocenters. The Bertz CT molecular complexity index is 975. The van der Waals surface area contributed by atoms with E-state index in [2.05, 4.69) is 60.4 Å². The highest BCUT2D eigenvalue weighted by Crippen LogP contribution is 2.25. The zero-order valence-electron chi connectivity index (χ0n) is 17.9. The van der Waals surface area contributed by atoms with Crippen LogP contribution in [0.1, 0.15) is 11.4 Å². The third kappa shape index (κ3) is 5.90. The van der Waals surface area contributed by atoms with E-state index >= 15 is 0 Å². The molecule has 1 saturated heterocycles. The van der Waals surface area contributed by atoms with Gasteiger partial charge in [-0.15, -0.1) is 0 Å². The molecule has 3 aromatic rings. The molecule has 1 aliphatic rings. The molecule has 8 nitrogen and oxygen atoms in total. The number of nitrogens with one attached hydrogen (secondary N) is 1. The lowest BCUT2D eigenvalue weighted by atomic mass is 10.1. The summed E-state index contributed by atoms with van der Waals surface area (Å²) < 4.78 is 5.38. The van der Waals surface area contributed by atoms with Gasteiger partial charge in [0.05, 0.1) is 19.3 Å². The quantitative estimate of drug-likeness (QED) is 0.576. The number of anilines is 3. The van der Waals surface area contributed by atoms with Gasteiger partial charge in [0.25, 0.3) is 0 Å². The fourth-order valence-corrected chi connectivity index (χ4v) is 3.74. The third-order valence-electron chi connectivity index (χ3n) is 5.44. The maximum absolute atomic E-state index is 5.95. The van der Waals surface area contributed by atoms with Crippen LogP contribution in [0.5, 0.6) is 5.75 Å². The van der Waals surface area contributed by atoms with Gasteiger partial charge in [-0.25, -0.2) is 0 Å². The monoisotopic (exact) mass is 419 g/mol. The maximum Gasteiger partial charge on any atom is 0.232 e. The van der Waals surface area contributed by atoms with Crippen LogP contribution in [0.25, 0.3) is 0 Å². The summed E-state index contributed by atoms with van der Waals surface area (Å²) in [4.78, 5) is 18.0. The number of para-hydroxylation sites is 2. The molecule has 1 aliphatic heterocycles. The van der Waals surface area contributed by atoms with Crippen LogP contribution in [0.3, 0.4) is 0 Å². The summed E-state index contributed by atoms with van der Waals surface area (Å²) in [6.07, 6.45) is 1.09. The molecule has 3 N–H and O–H groups in total. The van der Waals surface area contributed by atoms with Crippen molar-refractivity contribution in [2.45, 2.75) is 13.0 Å². The van der Waals surface area contributed by atoms with Crippen molar-refractivity contribution in [2.24, 2.45) is 0 Å². The number of nitrogens with two attached hydrogens (primary N) is 1. The Morgan fingerprint density at radius 1 is 0.903 bits per heavy atom. The average Bonchev–Trinajstić information content (AvgIpc) is 2.79. The first-order valence-corrected chi connectivity index (χ1v) is 10.6. The Balaban J connectivity index is 1.31. The molecule has 0 spiro atoms. The highest BCUT2D eigenvalue weighted by atomic mass is 16.5. The molecule has 0 saturated carbocycles. The molecule has 0 amide bonds. The van der Waals surface area contributed by atoms with E-state index in [1.807, 2.05) is 24.3 Å². The largest absolute Gasteiger partial charge is 0.495 e. The predicted octanol–water partition coefficient (Wildman–Crippen LogP) is 2.57. The molecule has 1 aromatic heterocycles. The maximum atomic E-state index is 5.95. The lowest BCUT2D eigenvalue weighted by Gasteiger charge is -2.34. The fourth-order valence-electron chi connectivity index (χ4n) is 3.74. The second kappa shape index (κ2) is 10.2. The average molecular weight is 420 g/mol. The second-order valence-corrected chi connectivity index (χ2v) is 7.61. The molecule has 0 bridgehead atoms. The van der Waals surface area contributed by atoms with Crippen molar-refractivity contribution in [3.05, 3.63) is 66.0 Å². The van der Waals surface area contributed by atoms with Crippen molar-refractivity contribution in [1.29, 1.82) is 0 Å². The number of nitrogens with zero attached hydrogens (tertiary/aromatic N) is 5. The normalized spacial score (nSPS) is 15.0. The topological polar surface area (TPSA) is 92.4 Å². The zero-order chi connectivity index (χ0) is 21.5. The van der Waals surface area contributed by atoms with Crippen LogP contribution in [0.4, 0.5) is 17.6 Å². The summed E-state index contributed by atoms with van der Waals surface area (Å²) in [6.45, 7) is 5.79. The Morgan fingerprint density at radius 2 is 1.61 bits per heavy atom. The third-order valence-corrected chi connectivity index (χ3v) is 5.44. The van der Waals surface area contributed by atoms with Crippen LogP contribution < -0.4 is 15.8 Å². The number of nitrogen functional groups attached to an aromatic ring is 1. The minimum atomic E-state index is 0.212. The van der Waals surface area contributed by atoms with Gasteiger partial charge in [0.1, 0.15) is 11.6 Å². The first-order valence-electron chi connectivity index (χ1n) is 10.6. The Kier molecular flexibility index (Phi) is 6.91. The molecule has 4 rings (SSSR count). The molecular formula is C23H29N7O. The minimum Gasteiger partial charge on any atom is -0.495 e. The molecule has 31 heavy (non-hydrogen) atoms. The Hall–Kier alpha value is -3.23. The van der Waals surface area contributed by atoms with Crippen LogP contribution in [0, 0.1) is 0 Å². The molecule has 0 radical (unpaired) electrons. The molecule has 2 heterocycles. The van der Waals surface area contributed by atoms with Crippen molar-refractivity contribution < 1.29 is 4.74 Å². The van der Waals surface area contributed by atoms with Gasteiger partial charge >= 0.3 is 0 Å².